The van der Waals surface area contributed by atoms with Gasteiger partial charge in [-0.05, 0) is 32.2 Å². The molecule has 0 spiro atoms. The Morgan fingerprint density at radius 3 is 2.33 bits per heavy atom. The average Bonchev–Trinajstić information content (AvgIpc) is 2.97. The molecular formula is C10H17F3N2. The second kappa shape index (κ2) is 4.29. The molecule has 1 unspecified atom stereocenters. The van der Waals surface area contributed by atoms with Crippen molar-refractivity contribution in [2.45, 2.75) is 43.9 Å². The Bertz CT molecular complexity index is 207. The summed E-state index contributed by atoms with van der Waals surface area (Å²) in [4.78, 5) is 1.66. The molecule has 0 aromatic carbocycles. The second-order valence-corrected chi connectivity index (χ2v) is 4.52. The van der Waals surface area contributed by atoms with E-state index < -0.39 is 12.7 Å². The predicted octanol–water partition coefficient (Wildman–Crippen LogP) is 1.77. The van der Waals surface area contributed by atoms with Crippen molar-refractivity contribution in [3.8, 4) is 0 Å². The summed E-state index contributed by atoms with van der Waals surface area (Å²) in [5, 5.41) is 3.17. The summed E-state index contributed by atoms with van der Waals surface area (Å²) in [5.41, 5.74) is 0. The van der Waals surface area contributed by atoms with Crippen molar-refractivity contribution >= 4 is 0 Å². The number of halogens is 3. The molecule has 2 rings (SSSR count). The van der Waals surface area contributed by atoms with Gasteiger partial charge < -0.3 is 5.32 Å². The van der Waals surface area contributed by atoms with E-state index in [1.54, 1.807) is 4.90 Å². The first kappa shape index (κ1) is 11.2. The summed E-state index contributed by atoms with van der Waals surface area (Å²) < 4.78 is 37.2. The van der Waals surface area contributed by atoms with Gasteiger partial charge in [0.05, 0.1) is 6.54 Å². The van der Waals surface area contributed by atoms with Crippen molar-refractivity contribution in [2.24, 2.45) is 0 Å². The highest BCUT2D eigenvalue weighted by atomic mass is 19.4. The van der Waals surface area contributed by atoms with Crippen LogP contribution in [-0.2, 0) is 0 Å². The van der Waals surface area contributed by atoms with Gasteiger partial charge in [-0.25, -0.2) is 0 Å². The van der Waals surface area contributed by atoms with Gasteiger partial charge in [0.25, 0.3) is 0 Å². The highest BCUT2D eigenvalue weighted by Crippen LogP contribution is 2.33. The van der Waals surface area contributed by atoms with Crippen molar-refractivity contribution in [3.05, 3.63) is 0 Å². The van der Waals surface area contributed by atoms with Gasteiger partial charge in [-0.1, -0.05) is 0 Å². The summed E-state index contributed by atoms with van der Waals surface area (Å²) in [5.74, 6) is 0. The molecule has 15 heavy (non-hydrogen) atoms. The summed E-state index contributed by atoms with van der Waals surface area (Å²) >= 11 is 0. The van der Waals surface area contributed by atoms with E-state index in [-0.39, 0.29) is 12.1 Å². The Morgan fingerprint density at radius 2 is 1.87 bits per heavy atom. The molecular weight excluding hydrogens is 205 g/mol. The number of hydrogen-bond acceptors (Lipinski definition) is 2. The number of nitrogens with zero attached hydrogens (tertiary/aromatic N) is 1. The van der Waals surface area contributed by atoms with E-state index >= 15 is 0 Å². The van der Waals surface area contributed by atoms with E-state index in [1.165, 1.54) is 0 Å². The average molecular weight is 222 g/mol. The fourth-order valence-electron chi connectivity index (χ4n) is 2.29. The maximum atomic E-state index is 12.4. The van der Waals surface area contributed by atoms with Crippen LogP contribution in [0.5, 0.6) is 0 Å². The quantitative estimate of drug-likeness (QED) is 0.782. The summed E-state index contributed by atoms with van der Waals surface area (Å²) in [6.07, 6.45) is -0.287. The van der Waals surface area contributed by atoms with Crippen LogP contribution in [0.25, 0.3) is 0 Å². The fourth-order valence-corrected chi connectivity index (χ4v) is 2.29. The second-order valence-electron chi connectivity index (χ2n) is 4.52. The van der Waals surface area contributed by atoms with Gasteiger partial charge in [-0.15, -0.1) is 0 Å². The number of nitrogens with one attached hydrogen (secondary N) is 1. The van der Waals surface area contributed by atoms with Gasteiger partial charge in [0.2, 0.25) is 0 Å². The third-order valence-electron chi connectivity index (χ3n) is 3.12. The fraction of sp³-hybridized carbons (Fsp3) is 1.00. The van der Waals surface area contributed by atoms with Gasteiger partial charge >= 0.3 is 6.18 Å². The van der Waals surface area contributed by atoms with Crippen LogP contribution in [0.3, 0.4) is 0 Å². The first-order valence-electron chi connectivity index (χ1n) is 5.59. The number of rotatable bonds is 3. The molecule has 2 nitrogen and oxygen atoms in total. The largest absolute Gasteiger partial charge is 0.401 e. The van der Waals surface area contributed by atoms with Crippen molar-refractivity contribution in [1.29, 1.82) is 0 Å². The van der Waals surface area contributed by atoms with Crippen molar-refractivity contribution < 1.29 is 13.2 Å². The molecule has 0 aromatic heterocycles. The lowest BCUT2D eigenvalue weighted by Gasteiger charge is -2.35. The SMILES string of the molecule is FC(F)(F)CN(C1CC1)C1CCCNC1. The maximum absolute atomic E-state index is 12.4. The standard InChI is InChI=1S/C10H17F3N2/c11-10(12,13)7-15(8-3-4-8)9-2-1-5-14-6-9/h8-9,14H,1-7H2. The van der Waals surface area contributed by atoms with Crippen LogP contribution in [0.1, 0.15) is 25.7 Å². The minimum absolute atomic E-state index is 0.0906. The molecule has 0 radical (unpaired) electrons. The molecule has 0 bridgehead atoms. The smallest absolute Gasteiger partial charge is 0.315 e. The zero-order valence-electron chi connectivity index (χ0n) is 8.69. The molecule has 1 atom stereocenters. The van der Waals surface area contributed by atoms with Gasteiger partial charge in [-0.3, -0.25) is 4.90 Å². The highest BCUT2D eigenvalue weighted by Gasteiger charge is 2.41. The van der Waals surface area contributed by atoms with Crippen molar-refractivity contribution in [2.75, 3.05) is 19.6 Å². The van der Waals surface area contributed by atoms with Gasteiger partial charge in [0.15, 0.2) is 0 Å². The maximum Gasteiger partial charge on any atom is 0.401 e. The molecule has 1 saturated carbocycles. The molecule has 0 aromatic rings. The third-order valence-corrected chi connectivity index (χ3v) is 3.12. The van der Waals surface area contributed by atoms with Crippen molar-refractivity contribution in [1.82, 2.24) is 10.2 Å². The van der Waals surface area contributed by atoms with E-state index in [0.717, 1.165) is 32.2 Å². The zero-order valence-corrected chi connectivity index (χ0v) is 8.69. The number of piperidine rings is 1. The molecule has 1 heterocycles. The summed E-state index contributed by atoms with van der Waals surface area (Å²) in [7, 11) is 0. The minimum Gasteiger partial charge on any atom is -0.315 e. The Balaban J connectivity index is 1.92. The van der Waals surface area contributed by atoms with E-state index in [9.17, 15) is 13.2 Å². The van der Waals surface area contributed by atoms with E-state index in [4.69, 9.17) is 0 Å². The summed E-state index contributed by atoms with van der Waals surface area (Å²) in [6.45, 7) is 0.928. The van der Waals surface area contributed by atoms with Gasteiger partial charge in [0.1, 0.15) is 0 Å². The highest BCUT2D eigenvalue weighted by molar-refractivity contribution is 4.91. The van der Waals surface area contributed by atoms with Crippen LogP contribution in [-0.4, -0.2) is 42.8 Å². The van der Waals surface area contributed by atoms with Gasteiger partial charge in [-0.2, -0.15) is 13.2 Å². The zero-order chi connectivity index (χ0) is 10.9. The molecule has 1 saturated heterocycles. The van der Waals surface area contributed by atoms with Gasteiger partial charge in [0, 0.05) is 18.6 Å². The first-order chi connectivity index (χ1) is 7.06. The van der Waals surface area contributed by atoms with E-state index in [0.29, 0.717) is 6.54 Å². The normalized spacial score (nSPS) is 28.4. The Labute approximate surface area is 87.8 Å². The molecule has 1 aliphatic heterocycles. The molecule has 1 aliphatic carbocycles. The lowest BCUT2D eigenvalue weighted by Crippen LogP contribution is -2.50. The first-order valence-corrected chi connectivity index (χ1v) is 5.59. The Morgan fingerprint density at radius 1 is 1.13 bits per heavy atom. The molecule has 5 heteroatoms. The molecule has 2 aliphatic rings. The van der Waals surface area contributed by atoms with E-state index in [1.807, 2.05) is 0 Å². The summed E-state index contributed by atoms with van der Waals surface area (Å²) in [6, 6.07) is 0.282. The third kappa shape index (κ3) is 3.34. The van der Waals surface area contributed by atoms with E-state index in [2.05, 4.69) is 5.32 Å². The predicted molar refractivity (Wildman–Crippen MR) is 51.7 cm³/mol. The van der Waals surface area contributed by atoms with Crippen LogP contribution in [0.15, 0.2) is 0 Å². The van der Waals surface area contributed by atoms with Crippen LogP contribution in [0.4, 0.5) is 13.2 Å². The molecule has 0 amide bonds. The van der Waals surface area contributed by atoms with Crippen LogP contribution in [0.2, 0.25) is 0 Å². The lowest BCUT2D eigenvalue weighted by atomic mass is 10.1. The van der Waals surface area contributed by atoms with Crippen LogP contribution >= 0.6 is 0 Å². The van der Waals surface area contributed by atoms with Crippen LogP contribution < -0.4 is 5.32 Å². The lowest BCUT2D eigenvalue weighted by molar-refractivity contribution is -0.153. The topological polar surface area (TPSA) is 15.3 Å². The van der Waals surface area contributed by atoms with Crippen LogP contribution in [0, 0.1) is 0 Å². The molecule has 2 fully saturated rings. The molecule has 88 valence electrons. The Kier molecular flexibility index (Phi) is 3.21. The number of alkyl halides is 3. The monoisotopic (exact) mass is 222 g/mol. The van der Waals surface area contributed by atoms with Crippen molar-refractivity contribution in [3.63, 3.8) is 0 Å². The molecule has 1 N–H and O–H groups in total. The number of hydrogen-bond donors (Lipinski definition) is 1. The minimum atomic E-state index is -4.06. The Hall–Kier alpha value is -0.290.